The van der Waals surface area contributed by atoms with Gasteiger partial charge in [-0.15, -0.1) is 0 Å². The van der Waals surface area contributed by atoms with Crippen LogP contribution in [-0.2, 0) is 0 Å². The minimum absolute atomic E-state index is 0.151. The van der Waals surface area contributed by atoms with E-state index in [1.807, 2.05) is 18.3 Å². The number of likely N-dealkylation sites (N-methyl/N-ethyl adjacent to an activating group) is 1. The summed E-state index contributed by atoms with van der Waals surface area (Å²) in [5, 5.41) is 9.84. The van der Waals surface area contributed by atoms with Gasteiger partial charge in [0.1, 0.15) is 17.7 Å². The van der Waals surface area contributed by atoms with E-state index in [0.29, 0.717) is 5.82 Å². The molecule has 2 aliphatic rings. The van der Waals surface area contributed by atoms with Gasteiger partial charge in [-0.3, -0.25) is 0 Å². The molecule has 2 aromatic heterocycles. The van der Waals surface area contributed by atoms with Crippen molar-refractivity contribution in [2.45, 2.75) is 32.4 Å². The van der Waals surface area contributed by atoms with Crippen molar-refractivity contribution in [3.8, 4) is 0 Å². The monoisotopic (exact) mass is 412 g/mol. The summed E-state index contributed by atoms with van der Waals surface area (Å²) in [6.07, 6.45) is 2.91. The molecule has 2 fully saturated rings. The first kappa shape index (κ1) is 20.7. The first-order valence-corrected chi connectivity index (χ1v) is 10.6. The quantitative estimate of drug-likeness (QED) is 0.795. The van der Waals surface area contributed by atoms with Crippen LogP contribution in [0.3, 0.4) is 0 Å². The van der Waals surface area contributed by atoms with E-state index < -0.39 is 6.10 Å². The van der Waals surface area contributed by atoms with Crippen LogP contribution in [0.15, 0.2) is 24.5 Å². The van der Waals surface area contributed by atoms with Crippen LogP contribution in [0.4, 0.5) is 17.6 Å². The van der Waals surface area contributed by atoms with Gasteiger partial charge in [-0.1, -0.05) is 0 Å². The number of piperazine rings is 2. The first-order valence-electron chi connectivity index (χ1n) is 10.6. The molecule has 9 nitrogen and oxygen atoms in total. The van der Waals surface area contributed by atoms with Crippen LogP contribution in [0.25, 0.3) is 0 Å². The third-order valence-electron chi connectivity index (χ3n) is 5.95. The average molecular weight is 413 g/mol. The van der Waals surface area contributed by atoms with E-state index >= 15 is 0 Å². The zero-order chi connectivity index (χ0) is 21.3. The number of anilines is 3. The van der Waals surface area contributed by atoms with Crippen LogP contribution in [0, 0.1) is 0 Å². The predicted molar refractivity (Wildman–Crippen MR) is 118 cm³/mol. The van der Waals surface area contributed by atoms with Crippen LogP contribution < -0.4 is 14.7 Å². The molecule has 162 valence electrons. The third kappa shape index (κ3) is 4.32. The van der Waals surface area contributed by atoms with Crippen molar-refractivity contribution in [2.75, 3.05) is 67.6 Å². The lowest BCUT2D eigenvalue weighted by molar-refractivity contribution is 0.188. The van der Waals surface area contributed by atoms with E-state index in [9.17, 15) is 5.11 Å². The Bertz CT molecular complexity index is 866. The van der Waals surface area contributed by atoms with Crippen molar-refractivity contribution >= 4 is 17.6 Å². The van der Waals surface area contributed by atoms with Gasteiger partial charge in [-0.25, -0.2) is 15.0 Å². The maximum Gasteiger partial charge on any atom is 0.227 e. The second-order valence-electron chi connectivity index (χ2n) is 8.84. The molecular formula is C21H32N8O. The molecule has 0 bridgehead atoms. The minimum Gasteiger partial charge on any atom is -0.385 e. The molecule has 9 heteroatoms. The van der Waals surface area contributed by atoms with Gasteiger partial charge in [-0.2, -0.15) is 4.98 Å². The molecule has 2 aromatic rings. The highest BCUT2D eigenvalue weighted by Crippen LogP contribution is 2.29. The fourth-order valence-electron chi connectivity index (χ4n) is 4.16. The van der Waals surface area contributed by atoms with E-state index in [1.165, 1.54) is 0 Å². The van der Waals surface area contributed by atoms with Gasteiger partial charge in [0.2, 0.25) is 5.95 Å². The Morgan fingerprint density at radius 2 is 1.57 bits per heavy atom. The molecular weight excluding hydrogens is 380 g/mol. The van der Waals surface area contributed by atoms with E-state index in [4.69, 9.17) is 4.98 Å². The molecule has 0 aliphatic carbocycles. The van der Waals surface area contributed by atoms with Crippen molar-refractivity contribution in [1.29, 1.82) is 0 Å². The van der Waals surface area contributed by atoms with E-state index in [2.05, 4.69) is 55.4 Å². The molecule has 1 N–H and O–H groups in total. The number of aliphatic hydroxyl groups is 1. The second kappa shape index (κ2) is 8.31. The number of aromatic nitrogens is 4. The molecule has 2 saturated heterocycles. The van der Waals surface area contributed by atoms with Gasteiger partial charge >= 0.3 is 0 Å². The topological polar surface area (TPSA) is 84.8 Å². The predicted octanol–water partition coefficient (Wildman–Crippen LogP) is 1.18. The normalized spacial score (nSPS) is 21.0. The summed E-state index contributed by atoms with van der Waals surface area (Å²) in [4.78, 5) is 27.4. The van der Waals surface area contributed by atoms with Crippen LogP contribution in [0.5, 0.6) is 0 Å². The maximum absolute atomic E-state index is 9.84. The maximum atomic E-state index is 9.84. The Balaban J connectivity index is 1.50. The molecule has 0 spiro atoms. The van der Waals surface area contributed by atoms with Gasteiger partial charge in [-0.05, 0) is 40.0 Å². The van der Waals surface area contributed by atoms with Crippen molar-refractivity contribution in [1.82, 2.24) is 24.8 Å². The van der Waals surface area contributed by atoms with Gasteiger partial charge in [0.05, 0.1) is 5.54 Å². The zero-order valence-corrected chi connectivity index (χ0v) is 18.4. The first-order chi connectivity index (χ1) is 14.3. The molecule has 0 radical (unpaired) electrons. The second-order valence-corrected chi connectivity index (χ2v) is 8.84. The molecule has 4 rings (SSSR count). The largest absolute Gasteiger partial charge is 0.385 e. The van der Waals surface area contributed by atoms with Gasteiger partial charge in [0.15, 0.2) is 5.82 Å². The lowest BCUT2D eigenvalue weighted by atomic mass is 9.98. The van der Waals surface area contributed by atoms with Crippen molar-refractivity contribution in [3.63, 3.8) is 0 Å². The summed E-state index contributed by atoms with van der Waals surface area (Å²) in [6.45, 7) is 12.6. The molecule has 0 saturated carbocycles. The Morgan fingerprint density at radius 3 is 2.27 bits per heavy atom. The van der Waals surface area contributed by atoms with Crippen molar-refractivity contribution < 1.29 is 5.11 Å². The van der Waals surface area contributed by atoms with Gasteiger partial charge in [0, 0.05) is 58.2 Å². The van der Waals surface area contributed by atoms with Crippen LogP contribution in [0.2, 0.25) is 0 Å². The number of nitrogens with zero attached hydrogens (tertiary/aromatic N) is 8. The van der Waals surface area contributed by atoms with Crippen LogP contribution >= 0.6 is 0 Å². The Hall–Kier alpha value is -2.52. The zero-order valence-electron chi connectivity index (χ0n) is 18.4. The highest BCUT2D eigenvalue weighted by Gasteiger charge is 2.35. The summed E-state index contributed by atoms with van der Waals surface area (Å²) in [6, 6.07) is 3.92. The Morgan fingerprint density at radius 1 is 0.900 bits per heavy atom. The molecule has 0 amide bonds. The smallest absolute Gasteiger partial charge is 0.227 e. The lowest BCUT2D eigenvalue weighted by Crippen LogP contribution is -2.60. The minimum atomic E-state index is -0.677. The molecule has 2 aliphatic heterocycles. The third-order valence-corrected chi connectivity index (χ3v) is 5.95. The van der Waals surface area contributed by atoms with Crippen molar-refractivity contribution in [3.05, 3.63) is 30.4 Å². The number of hydrogen-bond acceptors (Lipinski definition) is 9. The molecule has 1 unspecified atom stereocenters. The van der Waals surface area contributed by atoms with Crippen LogP contribution in [-0.4, -0.2) is 88.3 Å². The summed E-state index contributed by atoms with van der Waals surface area (Å²) in [5.74, 6) is 3.10. The van der Waals surface area contributed by atoms with Gasteiger partial charge < -0.3 is 24.7 Å². The number of aliphatic hydroxyl groups excluding tert-OH is 1. The van der Waals surface area contributed by atoms with E-state index in [0.717, 1.165) is 63.4 Å². The summed E-state index contributed by atoms with van der Waals surface area (Å²) in [5.41, 5.74) is -0.151. The fourth-order valence-corrected chi connectivity index (χ4v) is 4.16. The molecule has 30 heavy (non-hydrogen) atoms. The number of hydrogen-bond donors (Lipinski definition) is 1. The Kier molecular flexibility index (Phi) is 5.75. The molecule has 4 heterocycles. The highest BCUT2D eigenvalue weighted by atomic mass is 16.3. The standard InChI is InChI=1S/C21H32N8O/c1-16(30)19-22-7-6-18(24-19)29-14-13-28(15-21(29,2)3)17-5-8-23-20(25-17)27-11-9-26(4)10-12-27/h5-8,16,30H,9-15H2,1-4H3. The SMILES string of the molecule is CC(O)c1nccc(N2CCN(c3ccnc(N4CCN(C)CC4)n3)CC2(C)C)n1. The van der Waals surface area contributed by atoms with Crippen molar-refractivity contribution in [2.24, 2.45) is 0 Å². The summed E-state index contributed by atoms with van der Waals surface area (Å²) in [7, 11) is 2.15. The van der Waals surface area contributed by atoms with E-state index in [-0.39, 0.29) is 5.54 Å². The lowest BCUT2D eigenvalue weighted by Gasteiger charge is -2.48. The summed E-state index contributed by atoms with van der Waals surface area (Å²) >= 11 is 0. The number of rotatable bonds is 4. The molecule has 1 atom stereocenters. The molecule has 0 aromatic carbocycles. The highest BCUT2D eigenvalue weighted by molar-refractivity contribution is 5.50. The van der Waals surface area contributed by atoms with E-state index in [1.54, 1.807) is 13.1 Å². The summed E-state index contributed by atoms with van der Waals surface area (Å²) < 4.78 is 0. The Labute approximate surface area is 178 Å². The van der Waals surface area contributed by atoms with Gasteiger partial charge in [0.25, 0.3) is 0 Å². The average Bonchev–Trinajstić information content (AvgIpc) is 2.73. The fraction of sp³-hybridized carbons (Fsp3) is 0.619. The van der Waals surface area contributed by atoms with Crippen LogP contribution in [0.1, 0.15) is 32.7 Å².